The first-order valence-corrected chi connectivity index (χ1v) is 4.21. The minimum absolute atomic E-state index is 0.145. The number of rotatable bonds is 2. The van der Waals surface area contributed by atoms with Crippen LogP contribution in [0.15, 0.2) is 12.7 Å². The van der Waals surface area contributed by atoms with Crippen molar-refractivity contribution in [1.82, 2.24) is 0 Å². The quantitative estimate of drug-likeness (QED) is 0.556. The number of allylic oxidation sites excluding steroid dienone is 1. The molecule has 1 heteroatoms. The van der Waals surface area contributed by atoms with E-state index in [2.05, 4.69) is 20.4 Å². The SMILES string of the molecule is C=CC(C)(C)[C@@H]1CCC(=O)C1. The number of carbonyl (C=O) groups is 1. The van der Waals surface area contributed by atoms with Gasteiger partial charge in [-0.15, -0.1) is 6.58 Å². The van der Waals surface area contributed by atoms with Crippen LogP contribution in [0.1, 0.15) is 33.1 Å². The van der Waals surface area contributed by atoms with Crippen LogP contribution >= 0.6 is 0 Å². The van der Waals surface area contributed by atoms with Crippen LogP contribution in [0.2, 0.25) is 0 Å². The fourth-order valence-electron chi connectivity index (χ4n) is 1.62. The minimum Gasteiger partial charge on any atom is -0.300 e. The molecular weight excluding hydrogens is 136 g/mol. The summed E-state index contributed by atoms with van der Waals surface area (Å²) in [5.41, 5.74) is 0.145. The molecule has 62 valence electrons. The lowest BCUT2D eigenvalue weighted by molar-refractivity contribution is -0.117. The normalized spacial score (nSPS) is 25.6. The van der Waals surface area contributed by atoms with E-state index in [0.717, 1.165) is 19.3 Å². The molecule has 1 rings (SSSR count). The maximum Gasteiger partial charge on any atom is 0.133 e. The first-order chi connectivity index (χ1) is 5.06. The summed E-state index contributed by atoms with van der Waals surface area (Å²) in [6.07, 6.45) is 4.56. The highest BCUT2D eigenvalue weighted by Gasteiger charge is 2.32. The molecule has 0 radical (unpaired) electrons. The number of ketones is 1. The predicted molar refractivity (Wildman–Crippen MR) is 46.3 cm³/mol. The molecule has 1 aliphatic carbocycles. The molecule has 11 heavy (non-hydrogen) atoms. The molecule has 0 unspecified atom stereocenters. The zero-order chi connectivity index (χ0) is 8.48. The molecule has 0 saturated heterocycles. The van der Waals surface area contributed by atoms with Gasteiger partial charge in [0.1, 0.15) is 5.78 Å². The third-order valence-electron chi connectivity index (χ3n) is 2.82. The Hall–Kier alpha value is -0.590. The second-order valence-corrected chi connectivity index (χ2v) is 4.00. The second-order valence-electron chi connectivity index (χ2n) is 4.00. The van der Waals surface area contributed by atoms with Crippen molar-refractivity contribution in [1.29, 1.82) is 0 Å². The molecule has 0 bridgehead atoms. The van der Waals surface area contributed by atoms with E-state index in [-0.39, 0.29) is 5.41 Å². The first kappa shape index (κ1) is 8.51. The van der Waals surface area contributed by atoms with E-state index in [9.17, 15) is 4.79 Å². The lowest BCUT2D eigenvalue weighted by Crippen LogP contribution is -2.18. The standard InChI is InChI=1S/C10H16O/c1-4-10(2,3)8-5-6-9(11)7-8/h4,8H,1,5-7H2,2-3H3/t8-/m1/s1. The van der Waals surface area contributed by atoms with E-state index in [1.807, 2.05) is 6.08 Å². The fourth-order valence-corrected chi connectivity index (χ4v) is 1.62. The molecule has 0 N–H and O–H groups in total. The van der Waals surface area contributed by atoms with Crippen LogP contribution in [0.25, 0.3) is 0 Å². The number of hydrogen-bond acceptors (Lipinski definition) is 1. The molecule has 0 aliphatic heterocycles. The van der Waals surface area contributed by atoms with E-state index in [4.69, 9.17) is 0 Å². The van der Waals surface area contributed by atoms with Gasteiger partial charge in [0.15, 0.2) is 0 Å². The van der Waals surface area contributed by atoms with Crippen molar-refractivity contribution in [3.05, 3.63) is 12.7 Å². The number of carbonyl (C=O) groups excluding carboxylic acids is 1. The van der Waals surface area contributed by atoms with Gasteiger partial charge in [0, 0.05) is 12.8 Å². The Labute approximate surface area is 68.5 Å². The Bertz CT molecular complexity index is 179. The molecule has 1 atom stereocenters. The summed E-state index contributed by atoms with van der Waals surface area (Å²) in [7, 11) is 0. The zero-order valence-corrected chi connectivity index (χ0v) is 7.39. The van der Waals surface area contributed by atoms with Gasteiger partial charge < -0.3 is 0 Å². The lowest BCUT2D eigenvalue weighted by Gasteiger charge is -2.26. The average Bonchev–Trinajstić information content (AvgIpc) is 2.36. The molecular formula is C10H16O. The summed E-state index contributed by atoms with van der Waals surface area (Å²) in [5.74, 6) is 0.956. The highest BCUT2D eigenvalue weighted by atomic mass is 16.1. The average molecular weight is 152 g/mol. The Morgan fingerprint density at radius 1 is 1.64 bits per heavy atom. The van der Waals surface area contributed by atoms with E-state index < -0.39 is 0 Å². The molecule has 1 fully saturated rings. The highest BCUT2D eigenvalue weighted by molar-refractivity contribution is 5.80. The molecule has 0 aromatic heterocycles. The maximum absolute atomic E-state index is 11.0. The molecule has 0 aromatic carbocycles. The summed E-state index contributed by atoms with van der Waals surface area (Å²) < 4.78 is 0. The zero-order valence-electron chi connectivity index (χ0n) is 7.39. The van der Waals surface area contributed by atoms with E-state index in [0.29, 0.717) is 11.7 Å². The van der Waals surface area contributed by atoms with Crippen molar-refractivity contribution in [2.75, 3.05) is 0 Å². The Kier molecular flexibility index (Phi) is 2.17. The third kappa shape index (κ3) is 1.70. The van der Waals surface area contributed by atoms with Gasteiger partial charge in [0.2, 0.25) is 0 Å². The van der Waals surface area contributed by atoms with Gasteiger partial charge in [-0.05, 0) is 17.8 Å². The van der Waals surface area contributed by atoms with Crippen LogP contribution in [-0.2, 0) is 4.79 Å². The lowest BCUT2D eigenvalue weighted by atomic mass is 9.78. The van der Waals surface area contributed by atoms with Crippen LogP contribution in [0.5, 0.6) is 0 Å². The second kappa shape index (κ2) is 2.80. The van der Waals surface area contributed by atoms with Crippen molar-refractivity contribution in [2.45, 2.75) is 33.1 Å². The largest absolute Gasteiger partial charge is 0.300 e. The van der Waals surface area contributed by atoms with Gasteiger partial charge in [-0.3, -0.25) is 4.79 Å². The first-order valence-electron chi connectivity index (χ1n) is 4.21. The Morgan fingerprint density at radius 2 is 2.27 bits per heavy atom. The van der Waals surface area contributed by atoms with Crippen LogP contribution in [0.3, 0.4) is 0 Å². The fraction of sp³-hybridized carbons (Fsp3) is 0.700. The molecule has 0 amide bonds. The van der Waals surface area contributed by atoms with Gasteiger partial charge in [0.05, 0.1) is 0 Å². The molecule has 0 aromatic rings. The highest BCUT2D eigenvalue weighted by Crippen LogP contribution is 2.38. The van der Waals surface area contributed by atoms with Crippen molar-refractivity contribution >= 4 is 5.78 Å². The summed E-state index contributed by atoms with van der Waals surface area (Å²) >= 11 is 0. The van der Waals surface area contributed by atoms with Gasteiger partial charge in [-0.2, -0.15) is 0 Å². The van der Waals surface area contributed by atoms with Gasteiger partial charge in [-0.1, -0.05) is 19.9 Å². The topological polar surface area (TPSA) is 17.1 Å². The molecule has 1 saturated carbocycles. The number of Topliss-reactive ketones (excluding diaryl/α,β-unsaturated/α-hetero) is 1. The van der Waals surface area contributed by atoms with Crippen LogP contribution < -0.4 is 0 Å². The smallest absolute Gasteiger partial charge is 0.133 e. The summed E-state index contributed by atoms with van der Waals surface area (Å²) in [6, 6.07) is 0. The van der Waals surface area contributed by atoms with Crippen LogP contribution in [0, 0.1) is 11.3 Å². The molecule has 1 nitrogen and oxygen atoms in total. The van der Waals surface area contributed by atoms with E-state index >= 15 is 0 Å². The van der Waals surface area contributed by atoms with Gasteiger partial charge in [-0.25, -0.2) is 0 Å². The van der Waals surface area contributed by atoms with Crippen molar-refractivity contribution in [3.8, 4) is 0 Å². The Balaban J connectivity index is 2.62. The predicted octanol–water partition coefficient (Wildman–Crippen LogP) is 2.57. The molecule has 0 heterocycles. The summed E-state index contributed by atoms with van der Waals surface area (Å²) in [5, 5.41) is 0. The van der Waals surface area contributed by atoms with Crippen molar-refractivity contribution in [3.63, 3.8) is 0 Å². The van der Waals surface area contributed by atoms with Crippen LogP contribution in [-0.4, -0.2) is 5.78 Å². The Morgan fingerprint density at radius 3 is 2.64 bits per heavy atom. The summed E-state index contributed by atoms with van der Waals surface area (Å²) in [4.78, 5) is 11.0. The molecule has 1 aliphatic rings. The van der Waals surface area contributed by atoms with E-state index in [1.165, 1.54) is 0 Å². The van der Waals surface area contributed by atoms with Crippen molar-refractivity contribution < 1.29 is 4.79 Å². The van der Waals surface area contributed by atoms with Gasteiger partial charge in [0.25, 0.3) is 0 Å². The van der Waals surface area contributed by atoms with E-state index in [1.54, 1.807) is 0 Å². The maximum atomic E-state index is 11.0. The number of hydrogen-bond donors (Lipinski definition) is 0. The minimum atomic E-state index is 0.145. The summed E-state index contributed by atoms with van der Waals surface area (Å²) in [6.45, 7) is 8.10. The monoisotopic (exact) mass is 152 g/mol. The van der Waals surface area contributed by atoms with Crippen LogP contribution in [0.4, 0.5) is 0 Å². The third-order valence-corrected chi connectivity index (χ3v) is 2.82. The van der Waals surface area contributed by atoms with Crippen molar-refractivity contribution in [2.24, 2.45) is 11.3 Å². The molecule has 0 spiro atoms. The van der Waals surface area contributed by atoms with Gasteiger partial charge >= 0.3 is 0 Å².